The SMILES string of the molecule is CC(=O)Nc1ccc(NC(=O)c2ccc(=O)n(CCOc3ccccc3)n2)cc1Cl. The molecule has 0 unspecified atom stereocenters. The smallest absolute Gasteiger partial charge is 0.276 e. The van der Waals surface area contributed by atoms with Gasteiger partial charge < -0.3 is 15.4 Å². The van der Waals surface area contributed by atoms with Crippen LogP contribution in [0, 0.1) is 0 Å². The Morgan fingerprint density at radius 1 is 1.07 bits per heavy atom. The van der Waals surface area contributed by atoms with Gasteiger partial charge in [0.2, 0.25) is 5.91 Å². The summed E-state index contributed by atoms with van der Waals surface area (Å²) in [4.78, 5) is 35.7. The number of carbonyl (C=O) groups is 2. The van der Waals surface area contributed by atoms with Crippen LogP contribution in [0.2, 0.25) is 5.02 Å². The summed E-state index contributed by atoms with van der Waals surface area (Å²) in [7, 11) is 0. The van der Waals surface area contributed by atoms with Gasteiger partial charge >= 0.3 is 0 Å². The summed E-state index contributed by atoms with van der Waals surface area (Å²) >= 11 is 6.12. The lowest BCUT2D eigenvalue weighted by molar-refractivity contribution is -0.114. The van der Waals surface area contributed by atoms with Gasteiger partial charge in [0.25, 0.3) is 11.5 Å². The molecule has 0 spiro atoms. The van der Waals surface area contributed by atoms with Gasteiger partial charge in [-0.2, -0.15) is 5.10 Å². The van der Waals surface area contributed by atoms with E-state index >= 15 is 0 Å². The average molecular weight is 427 g/mol. The highest BCUT2D eigenvalue weighted by molar-refractivity contribution is 6.34. The van der Waals surface area contributed by atoms with E-state index in [2.05, 4.69) is 15.7 Å². The van der Waals surface area contributed by atoms with Crippen LogP contribution in [0.3, 0.4) is 0 Å². The summed E-state index contributed by atoms with van der Waals surface area (Å²) in [5, 5.41) is 9.63. The number of nitrogens with zero attached hydrogens (tertiary/aromatic N) is 2. The first-order chi connectivity index (χ1) is 14.4. The molecule has 8 nitrogen and oxygen atoms in total. The largest absolute Gasteiger partial charge is 0.492 e. The van der Waals surface area contributed by atoms with Crippen molar-refractivity contribution in [2.45, 2.75) is 13.5 Å². The lowest BCUT2D eigenvalue weighted by atomic mass is 10.2. The summed E-state index contributed by atoms with van der Waals surface area (Å²) in [6, 6.07) is 16.5. The Labute approximate surface area is 177 Å². The lowest BCUT2D eigenvalue weighted by Gasteiger charge is -2.10. The van der Waals surface area contributed by atoms with Crippen molar-refractivity contribution in [3.05, 3.63) is 81.7 Å². The third-order valence-electron chi connectivity index (χ3n) is 3.95. The van der Waals surface area contributed by atoms with E-state index in [4.69, 9.17) is 16.3 Å². The number of rotatable bonds is 7. The predicted molar refractivity (Wildman–Crippen MR) is 114 cm³/mol. The highest BCUT2D eigenvalue weighted by Gasteiger charge is 2.12. The molecule has 2 amide bonds. The number of para-hydroxylation sites is 1. The molecule has 0 fully saturated rings. The molecule has 0 aliphatic heterocycles. The fourth-order valence-corrected chi connectivity index (χ4v) is 2.80. The normalized spacial score (nSPS) is 10.3. The summed E-state index contributed by atoms with van der Waals surface area (Å²) < 4.78 is 6.74. The number of carbonyl (C=O) groups excluding carboxylic acids is 2. The van der Waals surface area contributed by atoms with Crippen LogP contribution in [0.1, 0.15) is 17.4 Å². The van der Waals surface area contributed by atoms with Crippen LogP contribution in [0.5, 0.6) is 5.75 Å². The molecular weight excluding hydrogens is 408 g/mol. The van der Waals surface area contributed by atoms with E-state index in [1.807, 2.05) is 30.3 Å². The van der Waals surface area contributed by atoms with Gasteiger partial charge in [-0.3, -0.25) is 14.4 Å². The predicted octanol–water partition coefficient (Wildman–Crippen LogP) is 3.19. The van der Waals surface area contributed by atoms with Crippen molar-refractivity contribution >= 4 is 34.8 Å². The van der Waals surface area contributed by atoms with Gasteiger partial charge in [0, 0.05) is 18.7 Å². The Morgan fingerprint density at radius 2 is 1.83 bits per heavy atom. The molecule has 0 aliphatic rings. The number of halogens is 1. The van der Waals surface area contributed by atoms with E-state index in [9.17, 15) is 14.4 Å². The van der Waals surface area contributed by atoms with Gasteiger partial charge in [0.15, 0.2) is 0 Å². The second-order valence-electron chi connectivity index (χ2n) is 6.27. The Morgan fingerprint density at radius 3 is 2.53 bits per heavy atom. The first-order valence-corrected chi connectivity index (χ1v) is 9.44. The molecule has 3 rings (SSSR count). The zero-order chi connectivity index (χ0) is 21.5. The first-order valence-electron chi connectivity index (χ1n) is 9.07. The molecule has 3 aromatic rings. The topological polar surface area (TPSA) is 102 Å². The van der Waals surface area contributed by atoms with Gasteiger partial charge in [-0.1, -0.05) is 29.8 Å². The zero-order valence-corrected chi connectivity index (χ0v) is 16.8. The second-order valence-corrected chi connectivity index (χ2v) is 6.68. The number of anilines is 2. The Balaban J connectivity index is 1.66. The van der Waals surface area contributed by atoms with Crippen molar-refractivity contribution in [2.24, 2.45) is 0 Å². The molecule has 0 saturated carbocycles. The van der Waals surface area contributed by atoms with Gasteiger partial charge in [-0.05, 0) is 36.4 Å². The van der Waals surface area contributed by atoms with Crippen LogP contribution in [-0.4, -0.2) is 28.2 Å². The fraction of sp³-hybridized carbons (Fsp3) is 0.143. The van der Waals surface area contributed by atoms with Crippen LogP contribution in [0.25, 0.3) is 0 Å². The maximum absolute atomic E-state index is 12.5. The number of nitrogens with one attached hydrogen (secondary N) is 2. The molecule has 0 saturated heterocycles. The Kier molecular flexibility index (Phi) is 6.82. The average Bonchev–Trinajstić information content (AvgIpc) is 2.72. The van der Waals surface area contributed by atoms with Crippen molar-refractivity contribution in [3.63, 3.8) is 0 Å². The minimum atomic E-state index is -0.504. The minimum Gasteiger partial charge on any atom is -0.492 e. The third kappa shape index (κ3) is 5.68. The monoisotopic (exact) mass is 426 g/mol. The Bertz CT molecular complexity index is 1120. The van der Waals surface area contributed by atoms with Gasteiger partial charge in [0.1, 0.15) is 18.1 Å². The van der Waals surface area contributed by atoms with Gasteiger partial charge in [0.05, 0.1) is 17.3 Å². The van der Waals surface area contributed by atoms with Crippen molar-refractivity contribution < 1.29 is 14.3 Å². The number of hydrogen-bond donors (Lipinski definition) is 2. The van der Waals surface area contributed by atoms with E-state index in [1.165, 1.54) is 29.8 Å². The minimum absolute atomic E-state index is 0.0661. The molecule has 0 bridgehead atoms. The molecule has 1 heterocycles. The van der Waals surface area contributed by atoms with Crippen LogP contribution in [0.4, 0.5) is 11.4 Å². The number of benzene rings is 2. The lowest BCUT2D eigenvalue weighted by Crippen LogP contribution is -2.28. The second kappa shape index (κ2) is 9.71. The third-order valence-corrected chi connectivity index (χ3v) is 4.26. The fourth-order valence-electron chi connectivity index (χ4n) is 2.58. The van der Waals surface area contributed by atoms with Crippen molar-refractivity contribution in [3.8, 4) is 5.75 Å². The summed E-state index contributed by atoms with van der Waals surface area (Å²) in [5.74, 6) is -0.0773. The molecular formula is C21H19ClN4O4. The number of ether oxygens (including phenoxy) is 1. The van der Waals surface area contributed by atoms with Crippen molar-refractivity contribution in [1.29, 1.82) is 0 Å². The molecule has 2 N–H and O–H groups in total. The van der Waals surface area contributed by atoms with Gasteiger partial charge in [-0.25, -0.2) is 4.68 Å². The molecule has 1 aromatic heterocycles. The summed E-state index contributed by atoms with van der Waals surface area (Å²) in [6.45, 7) is 1.78. The van der Waals surface area contributed by atoms with Crippen molar-refractivity contribution in [1.82, 2.24) is 9.78 Å². The molecule has 2 aromatic carbocycles. The number of amides is 2. The highest BCUT2D eigenvalue weighted by Crippen LogP contribution is 2.25. The standard InChI is InChI=1S/C21H19ClN4O4/c1-14(27)23-18-8-7-15(13-17(18)22)24-21(29)19-9-10-20(28)26(25-19)11-12-30-16-5-3-2-4-6-16/h2-10,13H,11-12H2,1H3,(H,23,27)(H,24,29). The van der Waals surface area contributed by atoms with Crippen LogP contribution in [-0.2, 0) is 11.3 Å². The van der Waals surface area contributed by atoms with Crippen LogP contribution >= 0.6 is 11.6 Å². The highest BCUT2D eigenvalue weighted by atomic mass is 35.5. The van der Waals surface area contributed by atoms with E-state index in [0.29, 0.717) is 17.1 Å². The quantitative estimate of drug-likeness (QED) is 0.604. The van der Waals surface area contributed by atoms with Crippen LogP contribution < -0.4 is 20.9 Å². The van der Waals surface area contributed by atoms with Crippen molar-refractivity contribution in [2.75, 3.05) is 17.2 Å². The molecule has 0 radical (unpaired) electrons. The van der Waals surface area contributed by atoms with E-state index in [1.54, 1.807) is 12.1 Å². The number of hydrogen-bond acceptors (Lipinski definition) is 5. The molecule has 9 heteroatoms. The number of aromatic nitrogens is 2. The molecule has 0 atom stereocenters. The van der Waals surface area contributed by atoms with E-state index in [0.717, 1.165) is 0 Å². The van der Waals surface area contributed by atoms with E-state index < -0.39 is 5.91 Å². The van der Waals surface area contributed by atoms with Gasteiger partial charge in [-0.15, -0.1) is 0 Å². The summed E-state index contributed by atoms with van der Waals surface area (Å²) in [6.07, 6.45) is 0. The van der Waals surface area contributed by atoms with Crippen LogP contribution in [0.15, 0.2) is 65.5 Å². The summed E-state index contributed by atoms with van der Waals surface area (Å²) in [5.41, 5.74) is 0.584. The van der Waals surface area contributed by atoms with E-state index in [-0.39, 0.29) is 35.3 Å². The zero-order valence-electron chi connectivity index (χ0n) is 16.1. The molecule has 0 aliphatic carbocycles. The molecule has 30 heavy (non-hydrogen) atoms. The molecule has 154 valence electrons. The first kappa shape index (κ1) is 21.1. The Hall–Kier alpha value is -3.65. The maximum Gasteiger partial charge on any atom is 0.276 e. The maximum atomic E-state index is 12.5.